The van der Waals surface area contributed by atoms with E-state index in [1.54, 1.807) is 0 Å². The lowest BCUT2D eigenvalue weighted by Crippen LogP contribution is -2.45. The summed E-state index contributed by atoms with van der Waals surface area (Å²) >= 11 is 0. The van der Waals surface area contributed by atoms with Gasteiger partial charge in [-0.3, -0.25) is 33.6 Å². The van der Waals surface area contributed by atoms with Gasteiger partial charge in [-0.2, -0.15) is 0 Å². The molecule has 0 spiro atoms. The molecule has 14 heteroatoms. The van der Waals surface area contributed by atoms with E-state index in [0.717, 1.165) is 148 Å². The van der Waals surface area contributed by atoms with Gasteiger partial charge in [0.1, 0.15) is 39.2 Å². The number of hydrogen-bond acceptors (Lipinski definition) is 14. The van der Waals surface area contributed by atoms with E-state index in [4.69, 9.17) is 33.2 Å². The number of hydrogen-bond donors (Lipinski definition) is 0. The smallest absolute Gasteiger partial charge is 0.312 e. The first-order chi connectivity index (χ1) is 49.1. The Hall–Kier alpha value is -3.71. The topological polar surface area (TPSA) is 184 Å². The van der Waals surface area contributed by atoms with E-state index < -0.39 is 0 Å². The molecule has 0 amide bonds. The highest BCUT2D eigenvalue weighted by Gasteiger charge is 2.46. The molecule has 0 heterocycles. The number of carbonyl (C=O) groups excluding carboxylic acids is 7. The molecule has 14 nitrogen and oxygen atoms in total. The van der Waals surface area contributed by atoms with E-state index in [1.807, 2.05) is 132 Å². The van der Waals surface area contributed by atoms with Gasteiger partial charge in [0.05, 0.1) is 38.9 Å². The lowest BCUT2D eigenvalue weighted by molar-refractivity contribution is -0.180. The van der Waals surface area contributed by atoms with Crippen LogP contribution in [0.3, 0.4) is 0 Å². The number of ether oxygens (including phenoxy) is 7. The summed E-state index contributed by atoms with van der Waals surface area (Å²) in [6.45, 7) is 57.0. The molecule has 0 aromatic carbocycles. The largest absolute Gasteiger partial charge is 0.459 e. The Kier molecular flexibility index (Phi) is 43.3. The Bertz CT molecular complexity index is 2540. The summed E-state index contributed by atoms with van der Waals surface area (Å²) in [6.07, 6.45) is 44.3. The second kappa shape index (κ2) is 45.7. The Morgan fingerprint density at radius 1 is 0.264 bits per heavy atom. The summed E-state index contributed by atoms with van der Waals surface area (Å²) in [5, 5.41) is 0. The average molecular weight is 1500 g/mol. The molecule has 0 aromatic heterocycles. The molecule has 0 saturated heterocycles. The molecule has 2 atom stereocenters. The maximum absolute atomic E-state index is 12.3. The molecule has 0 radical (unpaired) electrons. The number of rotatable bonds is 25. The minimum atomic E-state index is -0.348. The fourth-order valence-electron chi connectivity index (χ4n) is 14.4. The Morgan fingerprint density at radius 3 is 0.679 bits per heavy atom. The van der Waals surface area contributed by atoms with Gasteiger partial charge in [-0.05, 0) is 339 Å². The Morgan fingerprint density at radius 2 is 0.453 bits per heavy atom. The minimum absolute atomic E-state index is 0.0150. The van der Waals surface area contributed by atoms with Gasteiger partial charge in [0.15, 0.2) is 0 Å². The van der Waals surface area contributed by atoms with Crippen LogP contribution in [0.25, 0.3) is 0 Å². The maximum Gasteiger partial charge on any atom is 0.312 e. The highest BCUT2D eigenvalue weighted by Crippen LogP contribution is 2.45. The molecular formula is C92H170O14. The summed E-state index contributed by atoms with van der Waals surface area (Å²) in [7, 11) is 0. The van der Waals surface area contributed by atoms with E-state index in [-0.39, 0.29) is 120 Å². The van der Waals surface area contributed by atoms with Crippen LogP contribution < -0.4 is 0 Å². The summed E-state index contributed by atoms with van der Waals surface area (Å²) in [4.78, 5) is 83.6. The van der Waals surface area contributed by atoms with Crippen LogP contribution in [-0.4, -0.2) is 81.0 Å². The summed E-state index contributed by atoms with van der Waals surface area (Å²) in [5.41, 5.74) is -2.85. The predicted octanol–water partition coefficient (Wildman–Crippen LogP) is 25.9. The molecule has 7 aliphatic rings. The average Bonchev–Trinajstić information content (AvgIpc) is 0.911. The Labute approximate surface area is 652 Å². The van der Waals surface area contributed by atoms with Crippen molar-refractivity contribution >= 4 is 41.8 Å². The van der Waals surface area contributed by atoms with Crippen LogP contribution in [-0.2, 0) is 66.7 Å². The Balaban J connectivity index is 0.000000619. The monoisotopic (exact) mass is 1500 g/mol. The first-order valence-corrected chi connectivity index (χ1v) is 43.8. The molecule has 7 rings (SSSR count). The third-order valence-corrected chi connectivity index (χ3v) is 26.8. The van der Waals surface area contributed by atoms with Crippen molar-refractivity contribution in [2.75, 3.05) is 0 Å². The normalized spacial score (nSPS) is 21.0. The fourth-order valence-corrected chi connectivity index (χ4v) is 14.4. The van der Waals surface area contributed by atoms with Gasteiger partial charge in [-0.15, -0.1) is 0 Å². The molecule has 7 aliphatic carbocycles. The van der Waals surface area contributed by atoms with Gasteiger partial charge in [-0.25, -0.2) is 0 Å². The molecule has 0 bridgehead atoms. The van der Waals surface area contributed by atoms with Gasteiger partial charge in [-0.1, -0.05) is 130 Å². The van der Waals surface area contributed by atoms with Crippen LogP contribution >= 0.6 is 0 Å². The highest BCUT2D eigenvalue weighted by molar-refractivity contribution is 5.78. The van der Waals surface area contributed by atoms with Crippen molar-refractivity contribution in [2.45, 2.75) is 496 Å². The SMILES string of the molecule is CCC(C)(C)C(=O)OC1(C(C)C)CCCC1.CCC(C)(C)C(=O)OC1(C(C)C)CCCCC1.CCC(C)(C)C(=O)OC1(C)CCCCC1.CCC(C)C(=O)OC1(C)CCCC1.CCC(C)C(=O)OC1(C)CCCCC1.CCC1(OC(=O)C(C)(C)CC)CCCC1.CCC1(OC(=O)C(C)(C)CC)CCCCC1. The molecule has 622 valence electrons. The van der Waals surface area contributed by atoms with Crippen molar-refractivity contribution in [2.24, 2.45) is 50.7 Å². The van der Waals surface area contributed by atoms with Crippen molar-refractivity contribution in [3.63, 3.8) is 0 Å². The van der Waals surface area contributed by atoms with Crippen molar-refractivity contribution in [1.82, 2.24) is 0 Å². The van der Waals surface area contributed by atoms with Crippen molar-refractivity contribution in [1.29, 1.82) is 0 Å². The lowest BCUT2D eigenvalue weighted by Gasteiger charge is -2.42. The van der Waals surface area contributed by atoms with Gasteiger partial charge in [0.25, 0.3) is 0 Å². The molecule has 7 saturated carbocycles. The summed E-state index contributed by atoms with van der Waals surface area (Å²) < 4.78 is 40.2. The molecule has 2 unspecified atom stereocenters. The quantitative estimate of drug-likeness (QED) is 0.0621. The lowest BCUT2D eigenvalue weighted by atomic mass is 9.76. The first kappa shape index (κ1) is 100. The molecular weight excluding hydrogens is 1330 g/mol. The third-order valence-electron chi connectivity index (χ3n) is 26.8. The van der Waals surface area contributed by atoms with Gasteiger partial charge < -0.3 is 33.2 Å². The summed E-state index contributed by atoms with van der Waals surface area (Å²) in [5.74, 6) is 0.795. The van der Waals surface area contributed by atoms with E-state index in [1.165, 1.54) is 116 Å². The van der Waals surface area contributed by atoms with Crippen LogP contribution in [0.1, 0.15) is 457 Å². The molecule has 0 aromatic rings. The molecule has 7 fully saturated rings. The zero-order valence-electron chi connectivity index (χ0n) is 74.5. The molecule has 0 aliphatic heterocycles. The standard InChI is InChI=1S/C15H28O2.2C14H26O2.2C13H24O2.C12H22O2.C11H20O2/c1-6-14(4,5)13(16)17-15(12(2)3)10-8-7-9-11-15;1-6-13(4,5)12(15)16-14(11(2)3)9-7-8-10-14;1-5-13(3,4)12(15)16-14(6-2)10-8-7-9-11-14;1-5-12(2,3)11(14)15-13(4)9-7-6-8-10-13;1-5-12(3,4)11(14)15-13(6-2)9-7-8-10-13;1-4-10(2)11(13)14-12(3)8-6-5-7-9-12;1-4-9(2)10(12)13-11(3)7-5-6-8-11/h12H,6-11H2,1-5H3;11H,6-10H2,1-5H3;5-11H2,1-4H3;2*5-10H2,1-4H3;10H,4-9H2,1-3H3;9H,4-8H2,1-3H3. The highest BCUT2D eigenvalue weighted by atomic mass is 16.6. The maximum atomic E-state index is 12.3. The van der Waals surface area contributed by atoms with Crippen LogP contribution in [0.15, 0.2) is 0 Å². The summed E-state index contributed by atoms with van der Waals surface area (Å²) in [6, 6.07) is 0. The third kappa shape index (κ3) is 32.9. The zero-order valence-corrected chi connectivity index (χ0v) is 74.5. The van der Waals surface area contributed by atoms with Gasteiger partial charge in [0, 0.05) is 0 Å². The van der Waals surface area contributed by atoms with Crippen molar-refractivity contribution in [3.05, 3.63) is 0 Å². The number of esters is 7. The second-order valence-corrected chi connectivity index (χ2v) is 38.3. The predicted molar refractivity (Wildman–Crippen MR) is 436 cm³/mol. The van der Waals surface area contributed by atoms with Gasteiger partial charge >= 0.3 is 41.8 Å². The fraction of sp³-hybridized carbons (Fsp3) is 0.924. The van der Waals surface area contributed by atoms with E-state index in [2.05, 4.69) is 62.3 Å². The minimum Gasteiger partial charge on any atom is -0.459 e. The van der Waals surface area contributed by atoms with Crippen molar-refractivity contribution < 1.29 is 66.7 Å². The zero-order chi connectivity index (χ0) is 81.3. The van der Waals surface area contributed by atoms with E-state index in [9.17, 15) is 33.6 Å². The van der Waals surface area contributed by atoms with E-state index >= 15 is 0 Å². The molecule has 0 N–H and O–H groups in total. The van der Waals surface area contributed by atoms with Crippen LogP contribution in [0.4, 0.5) is 0 Å². The van der Waals surface area contributed by atoms with Crippen molar-refractivity contribution in [3.8, 4) is 0 Å². The molecule has 106 heavy (non-hydrogen) atoms. The van der Waals surface area contributed by atoms with Gasteiger partial charge in [0.2, 0.25) is 0 Å². The second-order valence-electron chi connectivity index (χ2n) is 38.3. The first-order valence-electron chi connectivity index (χ1n) is 43.8. The number of carbonyl (C=O) groups is 7. The van der Waals surface area contributed by atoms with Crippen LogP contribution in [0, 0.1) is 50.7 Å². The van der Waals surface area contributed by atoms with Crippen LogP contribution in [0.5, 0.6) is 0 Å². The van der Waals surface area contributed by atoms with Crippen LogP contribution in [0.2, 0.25) is 0 Å². The van der Waals surface area contributed by atoms with E-state index in [0.29, 0.717) is 11.8 Å².